The fourth-order valence-electron chi connectivity index (χ4n) is 1.78. The molecule has 100 valence electrons. The van der Waals surface area contributed by atoms with E-state index >= 15 is 0 Å². The van der Waals surface area contributed by atoms with Crippen LogP contribution in [0.2, 0.25) is 0 Å². The first-order valence-electron chi connectivity index (χ1n) is 6.02. The molecule has 3 rings (SSSR count). The van der Waals surface area contributed by atoms with Crippen LogP contribution in [0.4, 0.5) is 0 Å². The number of hydrogen-bond donors (Lipinski definition) is 3. The van der Waals surface area contributed by atoms with Crippen molar-refractivity contribution in [3.05, 3.63) is 24.0 Å². The van der Waals surface area contributed by atoms with Crippen molar-refractivity contribution in [1.29, 1.82) is 0 Å². The van der Waals surface area contributed by atoms with Crippen LogP contribution in [0.25, 0.3) is 0 Å². The number of nitrogens with zero attached hydrogens (tertiary/aromatic N) is 5. The zero-order chi connectivity index (χ0) is 13.2. The molecule has 0 aliphatic carbocycles. The van der Waals surface area contributed by atoms with Crippen molar-refractivity contribution in [2.45, 2.75) is 19.0 Å². The average Bonchev–Trinajstić information content (AvgIpc) is 2.97. The second kappa shape index (κ2) is 4.76. The molecule has 0 radical (unpaired) electrons. The van der Waals surface area contributed by atoms with Crippen molar-refractivity contribution in [3.8, 4) is 0 Å². The number of aromatic amines is 1. The Morgan fingerprint density at radius 2 is 2.42 bits per heavy atom. The third-order valence-electron chi connectivity index (χ3n) is 3.07. The van der Waals surface area contributed by atoms with E-state index in [1.807, 2.05) is 6.92 Å². The Labute approximate surface area is 108 Å². The van der Waals surface area contributed by atoms with Gasteiger partial charge in [-0.3, -0.25) is 9.89 Å². The maximum atomic E-state index is 12.0. The lowest BCUT2D eigenvalue weighted by atomic mass is 10.2. The zero-order valence-electron chi connectivity index (χ0n) is 10.4. The Morgan fingerprint density at radius 3 is 3.05 bits per heavy atom. The smallest absolute Gasteiger partial charge is 0.274 e. The number of H-pyrrole nitrogens is 1. The van der Waals surface area contributed by atoms with Crippen LogP contribution in [-0.2, 0) is 0 Å². The Bertz CT molecular complexity index is 558. The highest BCUT2D eigenvalue weighted by Crippen LogP contribution is 2.11. The summed E-state index contributed by atoms with van der Waals surface area (Å²) in [5.74, 6) is 0.325. The van der Waals surface area contributed by atoms with Gasteiger partial charge in [-0.2, -0.15) is 5.10 Å². The Kier molecular flexibility index (Phi) is 2.95. The van der Waals surface area contributed by atoms with Gasteiger partial charge in [0.2, 0.25) is 0 Å². The molecule has 0 saturated carbocycles. The maximum absolute atomic E-state index is 12.0. The van der Waals surface area contributed by atoms with E-state index in [0.717, 1.165) is 13.1 Å². The summed E-state index contributed by atoms with van der Waals surface area (Å²) in [6.07, 6.45) is 3.06. The van der Waals surface area contributed by atoms with Crippen molar-refractivity contribution < 1.29 is 4.79 Å². The van der Waals surface area contributed by atoms with E-state index in [9.17, 15) is 4.79 Å². The summed E-state index contributed by atoms with van der Waals surface area (Å²) in [6.45, 7) is 3.54. The third kappa shape index (κ3) is 2.32. The Hall–Kier alpha value is -2.29. The number of carbonyl (C=O) groups is 1. The van der Waals surface area contributed by atoms with Crippen molar-refractivity contribution in [3.63, 3.8) is 0 Å². The Morgan fingerprint density at radius 1 is 1.58 bits per heavy atom. The quantitative estimate of drug-likeness (QED) is 0.653. The Balaban J connectivity index is 1.65. The van der Waals surface area contributed by atoms with E-state index in [0.29, 0.717) is 17.6 Å². The summed E-state index contributed by atoms with van der Waals surface area (Å²) in [5.41, 5.74) is 0.304. The lowest BCUT2D eigenvalue weighted by molar-refractivity contribution is 0.0933. The molecule has 1 aliphatic heterocycles. The zero-order valence-corrected chi connectivity index (χ0v) is 10.4. The number of hydrogen-bond acceptors (Lipinski definition) is 6. The standard InChI is InChI=1S/C10H14N8O/c1-6(9-12-5-13-16-9)14-10(19)8-4-18(17-15-8)7-2-11-3-7/h4-7,11H,2-3H2,1H3,(H,14,19)(H,12,13,16). The summed E-state index contributed by atoms with van der Waals surface area (Å²) in [6, 6.07) is 0.0336. The summed E-state index contributed by atoms with van der Waals surface area (Å²) < 4.78 is 1.71. The lowest BCUT2D eigenvalue weighted by Crippen LogP contribution is -2.43. The van der Waals surface area contributed by atoms with Crippen LogP contribution in [0.3, 0.4) is 0 Å². The van der Waals surface area contributed by atoms with Crippen LogP contribution in [0.5, 0.6) is 0 Å². The van der Waals surface area contributed by atoms with E-state index in [4.69, 9.17) is 0 Å². The van der Waals surface area contributed by atoms with E-state index in [1.165, 1.54) is 6.33 Å². The molecule has 3 heterocycles. The van der Waals surface area contributed by atoms with Gasteiger partial charge in [-0.15, -0.1) is 5.10 Å². The van der Waals surface area contributed by atoms with Gasteiger partial charge in [-0.25, -0.2) is 9.67 Å². The van der Waals surface area contributed by atoms with Gasteiger partial charge < -0.3 is 10.6 Å². The predicted octanol–water partition coefficient (Wildman–Crippen LogP) is -0.968. The minimum atomic E-state index is -0.276. The van der Waals surface area contributed by atoms with Crippen molar-refractivity contribution in [2.24, 2.45) is 0 Å². The molecule has 1 fully saturated rings. The highest BCUT2D eigenvalue weighted by atomic mass is 16.2. The molecular weight excluding hydrogens is 248 g/mol. The van der Waals surface area contributed by atoms with Crippen LogP contribution in [0.15, 0.2) is 12.5 Å². The van der Waals surface area contributed by atoms with Crippen LogP contribution in [0.1, 0.15) is 35.3 Å². The first-order chi connectivity index (χ1) is 9.24. The van der Waals surface area contributed by atoms with Gasteiger partial charge in [-0.1, -0.05) is 5.21 Å². The molecule has 9 heteroatoms. The molecule has 1 saturated heterocycles. The lowest BCUT2D eigenvalue weighted by Gasteiger charge is -2.26. The molecule has 2 aromatic heterocycles. The molecule has 19 heavy (non-hydrogen) atoms. The van der Waals surface area contributed by atoms with Gasteiger partial charge in [0.15, 0.2) is 5.69 Å². The number of carbonyl (C=O) groups excluding carboxylic acids is 1. The molecule has 0 spiro atoms. The molecule has 0 bridgehead atoms. The molecule has 1 amide bonds. The summed E-state index contributed by atoms with van der Waals surface area (Å²) in [7, 11) is 0. The van der Waals surface area contributed by atoms with E-state index in [-0.39, 0.29) is 11.9 Å². The van der Waals surface area contributed by atoms with Gasteiger partial charge in [0.25, 0.3) is 5.91 Å². The molecule has 1 aliphatic rings. The van der Waals surface area contributed by atoms with Crippen LogP contribution >= 0.6 is 0 Å². The second-order valence-corrected chi connectivity index (χ2v) is 4.46. The summed E-state index contributed by atoms with van der Waals surface area (Å²) in [5, 5.41) is 20.2. The molecule has 3 N–H and O–H groups in total. The second-order valence-electron chi connectivity index (χ2n) is 4.46. The molecular formula is C10H14N8O. The van der Waals surface area contributed by atoms with Crippen LogP contribution in [-0.4, -0.2) is 49.2 Å². The largest absolute Gasteiger partial charge is 0.341 e. The van der Waals surface area contributed by atoms with Gasteiger partial charge in [0.1, 0.15) is 12.2 Å². The van der Waals surface area contributed by atoms with E-state index in [2.05, 4.69) is 36.1 Å². The number of amides is 1. The number of nitrogens with one attached hydrogen (secondary N) is 3. The number of aromatic nitrogens is 6. The van der Waals surface area contributed by atoms with Crippen LogP contribution < -0.4 is 10.6 Å². The third-order valence-corrected chi connectivity index (χ3v) is 3.07. The first-order valence-corrected chi connectivity index (χ1v) is 6.02. The SMILES string of the molecule is CC(NC(=O)c1cn(C2CNC2)nn1)c1ncn[nH]1. The van der Waals surface area contributed by atoms with Crippen molar-refractivity contribution in [2.75, 3.05) is 13.1 Å². The normalized spacial score (nSPS) is 16.9. The molecule has 0 aromatic carbocycles. The highest BCUT2D eigenvalue weighted by Gasteiger charge is 2.22. The fraction of sp³-hybridized carbons (Fsp3) is 0.500. The van der Waals surface area contributed by atoms with Gasteiger partial charge in [0, 0.05) is 13.1 Å². The fourth-order valence-corrected chi connectivity index (χ4v) is 1.78. The number of rotatable bonds is 4. The topological polar surface area (TPSA) is 113 Å². The highest BCUT2D eigenvalue weighted by molar-refractivity contribution is 5.92. The van der Waals surface area contributed by atoms with Gasteiger partial charge in [-0.05, 0) is 6.92 Å². The molecule has 1 unspecified atom stereocenters. The summed E-state index contributed by atoms with van der Waals surface area (Å²) in [4.78, 5) is 16.0. The monoisotopic (exact) mass is 262 g/mol. The summed E-state index contributed by atoms with van der Waals surface area (Å²) >= 11 is 0. The van der Waals surface area contributed by atoms with Crippen LogP contribution in [0, 0.1) is 0 Å². The molecule has 2 aromatic rings. The molecule has 9 nitrogen and oxygen atoms in total. The minimum Gasteiger partial charge on any atom is -0.341 e. The maximum Gasteiger partial charge on any atom is 0.274 e. The average molecular weight is 262 g/mol. The molecule has 1 atom stereocenters. The van der Waals surface area contributed by atoms with Gasteiger partial charge in [0.05, 0.1) is 18.3 Å². The van der Waals surface area contributed by atoms with E-state index < -0.39 is 0 Å². The predicted molar refractivity (Wildman–Crippen MR) is 64.2 cm³/mol. The van der Waals surface area contributed by atoms with Crippen molar-refractivity contribution in [1.82, 2.24) is 40.8 Å². The minimum absolute atomic E-state index is 0.259. The van der Waals surface area contributed by atoms with E-state index in [1.54, 1.807) is 10.9 Å². The van der Waals surface area contributed by atoms with Crippen molar-refractivity contribution >= 4 is 5.91 Å². The first kappa shape index (κ1) is 11.8. The van der Waals surface area contributed by atoms with Gasteiger partial charge >= 0.3 is 0 Å².